The van der Waals surface area contributed by atoms with Crippen LogP contribution in [0.15, 0.2) is 24.3 Å². The number of alkyl halides is 1. The molecule has 1 aromatic rings. The fraction of sp³-hybridized carbons (Fsp3) is 0.533. The van der Waals surface area contributed by atoms with Gasteiger partial charge in [0.25, 0.3) is 5.91 Å². The third kappa shape index (κ3) is 3.58. The van der Waals surface area contributed by atoms with Crippen molar-refractivity contribution >= 4 is 21.8 Å². The van der Waals surface area contributed by atoms with E-state index in [9.17, 15) is 4.79 Å². The number of halogens is 1. The Labute approximate surface area is 117 Å². The van der Waals surface area contributed by atoms with Gasteiger partial charge in [-0.05, 0) is 42.4 Å². The van der Waals surface area contributed by atoms with E-state index in [0.717, 1.165) is 18.0 Å². The Morgan fingerprint density at radius 2 is 1.94 bits per heavy atom. The van der Waals surface area contributed by atoms with Crippen molar-refractivity contribution < 1.29 is 4.79 Å². The summed E-state index contributed by atoms with van der Waals surface area (Å²) in [4.78, 5) is 12.4. The van der Waals surface area contributed by atoms with E-state index in [2.05, 4.69) is 35.1 Å². The highest BCUT2D eigenvalue weighted by atomic mass is 79.9. The number of nitrogens with one attached hydrogen (secondary N) is 1. The molecular formula is C15H20BrNO. The fourth-order valence-corrected chi connectivity index (χ4v) is 2.63. The van der Waals surface area contributed by atoms with Crippen LogP contribution in [0.3, 0.4) is 0 Å². The highest BCUT2D eigenvalue weighted by Gasteiger charge is 2.29. The molecule has 1 unspecified atom stereocenters. The quantitative estimate of drug-likeness (QED) is 0.825. The van der Waals surface area contributed by atoms with Crippen LogP contribution in [0, 0.1) is 5.92 Å². The molecule has 0 spiro atoms. The number of hydrogen-bond donors (Lipinski definition) is 1. The minimum Gasteiger partial charge on any atom is -0.351 e. The topological polar surface area (TPSA) is 29.1 Å². The van der Waals surface area contributed by atoms with Gasteiger partial charge in [-0.25, -0.2) is 0 Å². The van der Waals surface area contributed by atoms with Crippen LogP contribution in [0.4, 0.5) is 0 Å². The van der Waals surface area contributed by atoms with E-state index in [4.69, 9.17) is 0 Å². The molecule has 1 aliphatic rings. The minimum atomic E-state index is 0.0235. The summed E-state index contributed by atoms with van der Waals surface area (Å²) >= 11 is 3.62. The van der Waals surface area contributed by atoms with Gasteiger partial charge in [-0.3, -0.25) is 4.79 Å². The molecule has 0 saturated heterocycles. The monoisotopic (exact) mass is 309 g/mol. The van der Waals surface area contributed by atoms with E-state index < -0.39 is 0 Å². The standard InChI is InChI=1S/C15H20BrNO/c1-10(2)11-3-7-13(8-4-11)15(18)17-9-14(16)12-5-6-12/h3-4,7-8,10,12,14H,5-6,9H2,1-2H3,(H,17,18). The Hall–Kier alpha value is -0.830. The first-order chi connectivity index (χ1) is 8.58. The second-order valence-corrected chi connectivity index (χ2v) is 6.52. The van der Waals surface area contributed by atoms with Crippen LogP contribution in [0.5, 0.6) is 0 Å². The minimum absolute atomic E-state index is 0.0235. The maximum atomic E-state index is 11.9. The molecule has 18 heavy (non-hydrogen) atoms. The maximum Gasteiger partial charge on any atom is 0.251 e. The molecule has 0 aromatic heterocycles. The molecule has 1 atom stereocenters. The van der Waals surface area contributed by atoms with Gasteiger partial charge in [0, 0.05) is 16.9 Å². The number of amides is 1. The molecule has 1 saturated carbocycles. The van der Waals surface area contributed by atoms with Crippen molar-refractivity contribution in [2.75, 3.05) is 6.54 Å². The summed E-state index contributed by atoms with van der Waals surface area (Å²) in [6, 6.07) is 7.88. The van der Waals surface area contributed by atoms with Crippen LogP contribution in [0.1, 0.15) is 48.5 Å². The van der Waals surface area contributed by atoms with Gasteiger partial charge in [-0.15, -0.1) is 0 Å². The molecule has 98 valence electrons. The number of rotatable bonds is 5. The average Bonchev–Trinajstić information content (AvgIpc) is 3.20. The van der Waals surface area contributed by atoms with E-state index in [0.29, 0.717) is 10.7 Å². The van der Waals surface area contributed by atoms with E-state index in [1.165, 1.54) is 18.4 Å². The molecule has 0 aliphatic heterocycles. The third-order valence-electron chi connectivity index (χ3n) is 3.43. The SMILES string of the molecule is CC(C)c1ccc(C(=O)NCC(Br)C2CC2)cc1. The highest BCUT2D eigenvalue weighted by molar-refractivity contribution is 9.09. The zero-order valence-electron chi connectivity index (χ0n) is 10.9. The molecule has 2 nitrogen and oxygen atoms in total. The molecule has 0 heterocycles. The molecule has 1 N–H and O–H groups in total. The Morgan fingerprint density at radius 3 is 2.44 bits per heavy atom. The Kier molecular flexibility index (Phi) is 4.44. The van der Waals surface area contributed by atoms with Crippen LogP contribution in [-0.4, -0.2) is 17.3 Å². The van der Waals surface area contributed by atoms with E-state index >= 15 is 0 Å². The number of hydrogen-bond acceptors (Lipinski definition) is 1. The van der Waals surface area contributed by atoms with E-state index in [-0.39, 0.29) is 5.91 Å². The predicted molar refractivity (Wildman–Crippen MR) is 78.3 cm³/mol. The van der Waals surface area contributed by atoms with Crippen molar-refractivity contribution in [1.29, 1.82) is 0 Å². The zero-order valence-corrected chi connectivity index (χ0v) is 12.5. The lowest BCUT2D eigenvalue weighted by Gasteiger charge is -2.11. The molecule has 1 aliphatic carbocycles. The molecule has 0 radical (unpaired) electrons. The lowest BCUT2D eigenvalue weighted by Crippen LogP contribution is -2.30. The summed E-state index contributed by atoms with van der Waals surface area (Å²) < 4.78 is 0. The molecular weight excluding hydrogens is 290 g/mol. The molecule has 1 fully saturated rings. The largest absolute Gasteiger partial charge is 0.351 e. The summed E-state index contributed by atoms with van der Waals surface area (Å²) in [5, 5.41) is 2.98. The summed E-state index contributed by atoms with van der Waals surface area (Å²) in [7, 11) is 0. The molecule has 0 bridgehead atoms. The average molecular weight is 310 g/mol. The van der Waals surface area contributed by atoms with Gasteiger partial charge >= 0.3 is 0 Å². The lowest BCUT2D eigenvalue weighted by molar-refractivity contribution is 0.0953. The summed E-state index contributed by atoms with van der Waals surface area (Å²) in [6.45, 7) is 5.02. The first kappa shape index (κ1) is 13.6. The summed E-state index contributed by atoms with van der Waals surface area (Å²) in [5.41, 5.74) is 2.01. The van der Waals surface area contributed by atoms with Crippen LogP contribution in [-0.2, 0) is 0 Å². The van der Waals surface area contributed by atoms with Crippen LogP contribution >= 0.6 is 15.9 Å². The van der Waals surface area contributed by atoms with Gasteiger partial charge < -0.3 is 5.32 Å². The van der Waals surface area contributed by atoms with Crippen molar-refractivity contribution in [3.8, 4) is 0 Å². The Morgan fingerprint density at radius 1 is 1.33 bits per heavy atom. The van der Waals surface area contributed by atoms with Crippen molar-refractivity contribution in [3.05, 3.63) is 35.4 Å². The lowest BCUT2D eigenvalue weighted by atomic mass is 10.0. The fourth-order valence-electron chi connectivity index (χ4n) is 1.94. The first-order valence-electron chi connectivity index (χ1n) is 6.60. The van der Waals surface area contributed by atoms with E-state index in [1.54, 1.807) is 0 Å². The van der Waals surface area contributed by atoms with Gasteiger partial charge in [0.1, 0.15) is 0 Å². The van der Waals surface area contributed by atoms with Crippen molar-refractivity contribution in [2.24, 2.45) is 5.92 Å². The number of benzene rings is 1. The molecule has 2 rings (SSSR count). The van der Waals surface area contributed by atoms with Gasteiger partial charge in [0.2, 0.25) is 0 Å². The smallest absolute Gasteiger partial charge is 0.251 e. The second kappa shape index (κ2) is 5.87. The van der Waals surface area contributed by atoms with Gasteiger partial charge in [0.05, 0.1) is 0 Å². The third-order valence-corrected chi connectivity index (χ3v) is 4.50. The zero-order chi connectivity index (χ0) is 13.1. The molecule has 1 aromatic carbocycles. The van der Waals surface area contributed by atoms with Crippen LogP contribution in [0.2, 0.25) is 0 Å². The maximum absolute atomic E-state index is 11.9. The Balaban J connectivity index is 1.87. The van der Waals surface area contributed by atoms with Gasteiger partial charge in [0.15, 0.2) is 0 Å². The molecule has 3 heteroatoms. The summed E-state index contributed by atoms with van der Waals surface area (Å²) in [5.74, 6) is 1.29. The van der Waals surface area contributed by atoms with Gasteiger partial charge in [-0.2, -0.15) is 0 Å². The Bertz CT molecular complexity index is 409. The van der Waals surface area contributed by atoms with Gasteiger partial charge in [-0.1, -0.05) is 41.9 Å². The summed E-state index contributed by atoms with van der Waals surface area (Å²) in [6.07, 6.45) is 2.57. The van der Waals surface area contributed by atoms with Crippen molar-refractivity contribution in [3.63, 3.8) is 0 Å². The van der Waals surface area contributed by atoms with Crippen LogP contribution in [0.25, 0.3) is 0 Å². The molecule has 1 amide bonds. The second-order valence-electron chi connectivity index (χ2n) is 5.34. The number of carbonyl (C=O) groups is 1. The first-order valence-corrected chi connectivity index (χ1v) is 7.51. The predicted octanol–water partition coefficient (Wildman–Crippen LogP) is 3.71. The van der Waals surface area contributed by atoms with Crippen molar-refractivity contribution in [1.82, 2.24) is 5.32 Å². The highest BCUT2D eigenvalue weighted by Crippen LogP contribution is 2.36. The number of carbonyl (C=O) groups excluding carboxylic acids is 1. The van der Waals surface area contributed by atoms with E-state index in [1.807, 2.05) is 24.3 Å². The normalized spacial score (nSPS) is 16.7. The van der Waals surface area contributed by atoms with Crippen molar-refractivity contribution in [2.45, 2.75) is 37.4 Å². The van der Waals surface area contributed by atoms with Crippen LogP contribution < -0.4 is 5.32 Å².